The quantitative estimate of drug-likeness (QED) is 0.419. The minimum Gasteiger partial charge on any atom is -0.493 e. The van der Waals surface area contributed by atoms with E-state index >= 15 is 0 Å². The van der Waals surface area contributed by atoms with E-state index in [2.05, 4.69) is 6.92 Å². The van der Waals surface area contributed by atoms with E-state index in [-0.39, 0.29) is 12.2 Å². The Morgan fingerprint density at radius 1 is 1.13 bits per heavy atom. The van der Waals surface area contributed by atoms with Gasteiger partial charge in [-0.25, -0.2) is 4.79 Å². The van der Waals surface area contributed by atoms with Crippen LogP contribution in [-0.4, -0.2) is 18.9 Å². The summed E-state index contributed by atoms with van der Waals surface area (Å²) in [7, 11) is 0. The largest absolute Gasteiger partial charge is 0.493 e. The van der Waals surface area contributed by atoms with Gasteiger partial charge in [0.25, 0.3) is 0 Å². The van der Waals surface area contributed by atoms with Crippen LogP contribution in [0.25, 0.3) is 0 Å². The number of rotatable bonds is 8. The van der Waals surface area contributed by atoms with Crippen LogP contribution in [0.15, 0.2) is 48.5 Å². The number of hydrogen-bond donors (Lipinski definition) is 0. The highest BCUT2D eigenvalue weighted by Crippen LogP contribution is 2.22. The number of esters is 1. The fourth-order valence-electron chi connectivity index (χ4n) is 2.03. The van der Waals surface area contributed by atoms with E-state index in [1.54, 1.807) is 12.1 Å². The third-order valence-corrected chi connectivity index (χ3v) is 3.33. The van der Waals surface area contributed by atoms with E-state index in [1.165, 1.54) is 6.07 Å². The molecule has 2 aromatic carbocycles. The first-order valence-corrected chi connectivity index (χ1v) is 7.67. The molecule has 0 amide bonds. The van der Waals surface area contributed by atoms with Gasteiger partial charge in [0.1, 0.15) is 24.2 Å². The number of hydrogen-bond acceptors (Lipinski definition) is 4. The maximum absolute atomic E-state index is 12.3. The molecule has 0 unspecified atom stereocenters. The molecule has 0 atom stereocenters. The second kappa shape index (κ2) is 8.73. The first-order valence-electron chi connectivity index (χ1n) is 7.67. The van der Waals surface area contributed by atoms with Gasteiger partial charge in [0.15, 0.2) is 0 Å². The predicted molar refractivity (Wildman–Crippen MR) is 87.8 cm³/mol. The lowest BCUT2D eigenvalue weighted by Crippen LogP contribution is -2.09. The van der Waals surface area contributed by atoms with Gasteiger partial charge in [0, 0.05) is 5.56 Å². The molecule has 23 heavy (non-hydrogen) atoms. The van der Waals surface area contributed by atoms with Gasteiger partial charge in [-0.1, -0.05) is 43.7 Å². The van der Waals surface area contributed by atoms with Crippen LogP contribution >= 0.6 is 0 Å². The molecule has 0 aliphatic heterocycles. The molecular weight excluding hydrogens is 292 g/mol. The summed E-state index contributed by atoms with van der Waals surface area (Å²) < 4.78 is 11.0. The molecule has 0 aromatic heterocycles. The average Bonchev–Trinajstić information content (AvgIpc) is 2.61. The molecule has 0 aliphatic rings. The molecule has 0 N–H and O–H groups in total. The zero-order valence-electron chi connectivity index (χ0n) is 13.2. The van der Waals surface area contributed by atoms with Crippen LogP contribution in [0.2, 0.25) is 0 Å². The number of ether oxygens (including phenoxy) is 2. The lowest BCUT2D eigenvalue weighted by atomic mass is 10.1. The van der Waals surface area contributed by atoms with E-state index in [0.717, 1.165) is 18.4 Å². The van der Waals surface area contributed by atoms with Gasteiger partial charge >= 0.3 is 5.97 Å². The zero-order valence-corrected chi connectivity index (χ0v) is 13.2. The number of aldehydes is 1. The van der Waals surface area contributed by atoms with Gasteiger partial charge < -0.3 is 9.47 Å². The van der Waals surface area contributed by atoms with Crippen molar-refractivity contribution in [2.45, 2.75) is 26.4 Å². The van der Waals surface area contributed by atoms with Crippen molar-refractivity contribution >= 4 is 12.3 Å². The second-order valence-electron chi connectivity index (χ2n) is 5.14. The van der Waals surface area contributed by atoms with Crippen molar-refractivity contribution in [1.29, 1.82) is 0 Å². The van der Waals surface area contributed by atoms with Gasteiger partial charge in [0.2, 0.25) is 0 Å². The Morgan fingerprint density at radius 2 is 1.91 bits per heavy atom. The van der Waals surface area contributed by atoms with Crippen LogP contribution in [0.1, 0.15) is 46.0 Å². The molecule has 0 heterocycles. The molecule has 0 aliphatic carbocycles. The van der Waals surface area contributed by atoms with E-state index in [4.69, 9.17) is 9.47 Å². The number of carbonyl (C=O) groups is 2. The number of unbranched alkanes of at least 4 members (excludes halogenated alkanes) is 1. The molecule has 4 heteroatoms. The molecule has 4 nitrogen and oxygen atoms in total. The fraction of sp³-hybridized carbons (Fsp3) is 0.263. The third kappa shape index (κ3) is 4.95. The molecule has 0 saturated carbocycles. The van der Waals surface area contributed by atoms with Crippen molar-refractivity contribution in [3.05, 3.63) is 65.2 Å². The Morgan fingerprint density at radius 3 is 2.61 bits per heavy atom. The van der Waals surface area contributed by atoms with Crippen LogP contribution in [-0.2, 0) is 11.3 Å². The highest BCUT2D eigenvalue weighted by molar-refractivity contribution is 5.94. The van der Waals surface area contributed by atoms with Gasteiger partial charge in [-0.15, -0.1) is 0 Å². The minimum absolute atomic E-state index is 0.180. The Labute approximate surface area is 136 Å². The van der Waals surface area contributed by atoms with Gasteiger partial charge in [-0.3, -0.25) is 4.79 Å². The maximum atomic E-state index is 12.3. The molecule has 120 valence electrons. The summed E-state index contributed by atoms with van der Waals surface area (Å²) in [5, 5.41) is 0. The van der Waals surface area contributed by atoms with Crippen LogP contribution in [0.4, 0.5) is 0 Å². The van der Waals surface area contributed by atoms with Crippen LogP contribution < -0.4 is 4.74 Å². The van der Waals surface area contributed by atoms with Crippen molar-refractivity contribution in [2.75, 3.05) is 6.61 Å². The fourth-order valence-corrected chi connectivity index (χ4v) is 2.03. The van der Waals surface area contributed by atoms with E-state index in [0.29, 0.717) is 24.2 Å². The summed E-state index contributed by atoms with van der Waals surface area (Å²) >= 11 is 0. The first-order chi connectivity index (χ1) is 11.2. The Kier molecular flexibility index (Phi) is 6.36. The van der Waals surface area contributed by atoms with Crippen molar-refractivity contribution < 1.29 is 19.1 Å². The summed E-state index contributed by atoms with van der Waals surface area (Å²) in [5.41, 5.74) is 1.60. The average molecular weight is 312 g/mol. The summed E-state index contributed by atoms with van der Waals surface area (Å²) in [4.78, 5) is 23.3. The van der Waals surface area contributed by atoms with E-state index in [9.17, 15) is 9.59 Å². The minimum atomic E-state index is -0.496. The Bertz CT molecular complexity index is 650. The Hall–Kier alpha value is -2.62. The standard InChI is InChI=1S/C19H20O4/c1-2-3-11-22-18-10-9-16(13-20)12-17(18)19(21)23-14-15-7-5-4-6-8-15/h4-10,12-13H,2-3,11,14H2,1H3. The SMILES string of the molecule is CCCCOc1ccc(C=O)cc1C(=O)OCc1ccccc1. The van der Waals surface area contributed by atoms with E-state index < -0.39 is 5.97 Å². The summed E-state index contributed by atoms with van der Waals surface area (Å²) in [5.74, 6) is -0.0498. The number of carbonyl (C=O) groups excluding carboxylic acids is 2. The van der Waals surface area contributed by atoms with Gasteiger partial charge in [0.05, 0.1) is 6.61 Å². The lowest BCUT2D eigenvalue weighted by molar-refractivity contribution is 0.0468. The molecule has 0 spiro atoms. The Balaban J connectivity index is 2.10. The van der Waals surface area contributed by atoms with Gasteiger partial charge in [-0.2, -0.15) is 0 Å². The molecule has 2 aromatic rings. The molecule has 0 bridgehead atoms. The summed E-state index contributed by atoms with van der Waals surface area (Å²) in [6.07, 6.45) is 2.60. The first kappa shape index (κ1) is 16.7. The van der Waals surface area contributed by atoms with Gasteiger partial charge in [-0.05, 0) is 30.2 Å². The molecule has 2 rings (SSSR count). The van der Waals surface area contributed by atoms with Crippen LogP contribution in [0.3, 0.4) is 0 Å². The summed E-state index contributed by atoms with van der Waals surface area (Å²) in [6, 6.07) is 14.2. The second-order valence-corrected chi connectivity index (χ2v) is 5.14. The third-order valence-electron chi connectivity index (χ3n) is 3.33. The van der Waals surface area contributed by atoms with Crippen LogP contribution in [0, 0.1) is 0 Å². The highest BCUT2D eigenvalue weighted by Gasteiger charge is 2.15. The van der Waals surface area contributed by atoms with Crippen molar-refractivity contribution in [3.8, 4) is 5.75 Å². The number of benzene rings is 2. The lowest BCUT2D eigenvalue weighted by Gasteiger charge is -2.12. The normalized spacial score (nSPS) is 10.1. The predicted octanol–water partition coefficient (Wildman–Crippen LogP) is 4.04. The highest BCUT2D eigenvalue weighted by atomic mass is 16.5. The monoisotopic (exact) mass is 312 g/mol. The smallest absolute Gasteiger partial charge is 0.342 e. The van der Waals surface area contributed by atoms with Crippen LogP contribution in [0.5, 0.6) is 5.75 Å². The molecule has 0 fully saturated rings. The zero-order chi connectivity index (χ0) is 16.5. The van der Waals surface area contributed by atoms with E-state index in [1.807, 2.05) is 30.3 Å². The van der Waals surface area contributed by atoms with Crippen molar-refractivity contribution in [1.82, 2.24) is 0 Å². The molecule has 0 radical (unpaired) electrons. The molecule has 0 saturated heterocycles. The van der Waals surface area contributed by atoms with Crippen molar-refractivity contribution in [2.24, 2.45) is 0 Å². The topological polar surface area (TPSA) is 52.6 Å². The summed E-state index contributed by atoms with van der Waals surface area (Å²) in [6.45, 7) is 2.77. The maximum Gasteiger partial charge on any atom is 0.342 e. The van der Waals surface area contributed by atoms with Crippen molar-refractivity contribution in [3.63, 3.8) is 0 Å². The molecular formula is C19H20O4.